The van der Waals surface area contributed by atoms with E-state index in [1.165, 1.54) is 23.5 Å². The molecule has 5 heterocycles. The number of aromatic nitrogens is 8. The van der Waals surface area contributed by atoms with E-state index in [2.05, 4.69) is 56.0 Å². The molecule has 26 heteroatoms. The van der Waals surface area contributed by atoms with Gasteiger partial charge in [-0.1, -0.05) is 59.7 Å². The number of benzene rings is 1. The number of nitrogens with one attached hydrogen (secondary N) is 2. The largest absolute Gasteiger partial charge is 0.472 e. The van der Waals surface area contributed by atoms with Crippen LogP contribution in [0.5, 0.6) is 0 Å². The van der Waals surface area contributed by atoms with Gasteiger partial charge in [-0.3, -0.25) is 32.7 Å². The van der Waals surface area contributed by atoms with Crippen molar-refractivity contribution in [1.82, 2.24) is 39.0 Å². The molecule has 2 unspecified atom stereocenters. The third-order valence-electron chi connectivity index (χ3n) is 14.1. The minimum absolute atomic E-state index is 0.0257. The lowest BCUT2D eigenvalue weighted by Crippen LogP contribution is -2.49. The highest BCUT2D eigenvalue weighted by molar-refractivity contribution is 7.47. The summed E-state index contributed by atoms with van der Waals surface area (Å²) >= 11 is 0. The molecule has 3 aliphatic rings. The number of hydrogen-bond acceptors (Lipinski definition) is 16. The highest BCUT2D eigenvalue weighted by atomic mass is 31.2. The van der Waals surface area contributed by atoms with Crippen molar-refractivity contribution in [3.63, 3.8) is 0 Å². The van der Waals surface area contributed by atoms with E-state index in [0.29, 0.717) is 11.2 Å². The normalized spacial score (nSPS) is 30.1. The Hall–Kier alpha value is -4.04. The Bertz CT molecular complexity index is 2810. The van der Waals surface area contributed by atoms with Crippen LogP contribution in [0.2, 0.25) is 36.3 Å². The van der Waals surface area contributed by atoms with Crippen LogP contribution in [-0.2, 0) is 36.1 Å². The molecule has 1 amide bonds. The van der Waals surface area contributed by atoms with Gasteiger partial charge in [0.25, 0.3) is 11.5 Å². The second-order valence-electron chi connectivity index (χ2n) is 20.6. The number of nitrogens with two attached hydrogens (primary N) is 1. The molecular formula is C41H60N10O12P2Si2. The van der Waals surface area contributed by atoms with Crippen molar-refractivity contribution in [3.05, 3.63) is 65.2 Å². The summed E-state index contributed by atoms with van der Waals surface area (Å²) < 4.78 is 70.6. The molecule has 67 heavy (non-hydrogen) atoms. The topological polar surface area (TPSA) is 292 Å². The van der Waals surface area contributed by atoms with Crippen LogP contribution in [-0.4, -0.2) is 109 Å². The Morgan fingerprint density at radius 3 is 1.97 bits per heavy atom. The number of hydrogen-bond donors (Lipinski definition) is 5. The van der Waals surface area contributed by atoms with E-state index in [4.69, 9.17) is 32.7 Å². The lowest BCUT2D eigenvalue weighted by molar-refractivity contribution is -0.00698. The molecule has 22 nitrogen and oxygen atoms in total. The third-order valence-corrected chi connectivity index (χ3v) is 25.0. The van der Waals surface area contributed by atoms with Crippen LogP contribution in [0, 0.1) is 11.8 Å². The van der Waals surface area contributed by atoms with Crippen molar-refractivity contribution >= 4 is 72.3 Å². The van der Waals surface area contributed by atoms with E-state index in [9.17, 15) is 28.5 Å². The quantitative estimate of drug-likeness (QED) is 0.0796. The Morgan fingerprint density at radius 2 is 1.34 bits per heavy atom. The molecule has 364 valence electrons. The number of amides is 1. The first kappa shape index (κ1) is 49.4. The van der Waals surface area contributed by atoms with Crippen molar-refractivity contribution in [2.45, 2.75) is 127 Å². The summed E-state index contributed by atoms with van der Waals surface area (Å²) in [5.41, 5.74) is 6.44. The third kappa shape index (κ3) is 9.91. The van der Waals surface area contributed by atoms with E-state index in [1.54, 1.807) is 34.9 Å². The molecule has 5 aromatic rings. The average molecular weight is 1000 g/mol. The number of phosphoric ester groups is 2. The lowest BCUT2D eigenvalue weighted by atomic mass is 10.1. The van der Waals surface area contributed by atoms with Crippen molar-refractivity contribution in [2.75, 3.05) is 24.3 Å². The number of nitrogens with zero attached hydrogens (tertiary/aromatic N) is 7. The molecule has 2 bridgehead atoms. The standard InChI is InChI=1S/C41H60N10O12P2Si2/c1-40(2,3)66(7,8)62-31-25-17-26(51-22-46-29-36(51)48-39(42)49-38(29)53)32(31)61-65(56,57)58-18-24-16-27(33(63-67(9,10)41(4,5)6)30(24)60-64(54,55)59-19-25)50-21-45-28-34(43-20-44-35(28)50)47-37(52)23-14-12-11-13-15-23/h11-15,20-22,24-27,30-33H,16-19H2,1-10H3,(H,54,55)(H,56,57)(H3,42,48,49,53)(H,43,44,47,52)/t24-,25-,26-,27-,30-,31-,32+,33+/m1/s1. The van der Waals surface area contributed by atoms with Gasteiger partial charge in [0.15, 0.2) is 44.8 Å². The van der Waals surface area contributed by atoms with Crippen LogP contribution in [0.1, 0.15) is 76.8 Å². The van der Waals surface area contributed by atoms with E-state index in [-0.39, 0.29) is 51.4 Å². The first-order valence-corrected chi connectivity index (χ1v) is 30.9. The van der Waals surface area contributed by atoms with Crippen LogP contribution < -0.4 is 16.6 Å². The van der Waals surface area contributed by atoms with Gasteiger partial charge < -0.3 is 38.8 Å². The molecule has 0 spiro atoms. The van der Waals surface area contributed by atoms with Crippen LogP contribution in [0.3, 0.4) is 0 Å². The summed E-state index contributed by atoms with van der Waals surface area (Å²) in [6, 6.07) is 7.04. The van der Waals surface area contributed by atoms with Crippen LogP contribution in [0.15, 0.2) is 54.1 Å². The number of carbonyl (C=O) groups excluding carboxylic acids is 1. The number of H-pyrrole nitrogens is 1. The smallest absolute Gasteiger partial charge is 0.411 e. The van der Waals surface area contributed by atoms with Crippen LogP contribution in [0.25, 0.3) is 22.3 Å². The molecule has 4 aromatic heterocycles. The fraction of sp³-hybridized carbons (Fsp3) is 0.585. The summed E-state index contributed by atoms with van der Waals surface area (Å²) in [6.07, 6.45) is -0.0938. The number of phosphoric acid groups is 2. The predicted octanol–water partition coefficient (Wildman–Crippen LogP) is 6.71. The number of aromatic amines is 1. The highest BCUT2D eigenvalue weighted by Gasteiger charge is 2.57. The van der Waals surface area contributed by atoms with Gasteiger partial charge in [0.2, 0.25) is 5.95 Å². The molecule has 0 radical (unpaired) electrons. The Kier molecular flexibility index (Phi) is 13.1. The van der Waals surface area contributed by atoms with E-state index in [1.807, 2.05) is 47.0 Å². The van der Waals surface area contributed by atoms with E-state index < -0.39 is 105 Å². The summed E-state index contributed by atoms with van der Waals surface area (Å²) in [4.78, 5) is 74.2. The van der Waals surface area contributed by atoms with Gasteiger partial charge in [-0.2, -0.15) is 4.98 Å². The lowest BCUT2D eigenvalue weighted by Gasteiger charge is -2.41. The predicted molar refractivity (Wildman–Crippen MR) is 252 cm³/mol. The Balaban J connectivity index is 1.18. The maximum Gasteiger partial charge on any atom is 0.472 e. The number of imidazole rings is 2. The fourth-order valence-electron chi connectivity index (χ4n) is 8.51. The summed E-state index contributed by atoms with van der Waals surface area (Å²) in [6.45, 7) is 19.4. The van der Waals surface area contributed by atoms with Gasteiger partial charge in [0, 0.05) is 17.4 Å². The number of fused-ring (bicyclic) bond motifs is 5. The second-order valence-corrected chi connectivity index (χ2v) is 32.9. The molecule has 6 N–H and O–H groups in total. The molecule has 8 rings (SSSR count). The summed E-state index contributed by atoms with van der Waals surface area (Å²) in [5, 5.41) is 2.13. The fourth-order valence-corrected chi connectivity index (χ4v) is 13.2. The van der Waals surface area contributed by atoms with Crippen LogP contribution in [0.4, 0.5) is 11.8 Å². The average Bonchev–Trinajstić information content (AvgIpc) is 4.00. The van der Waals surface area contributed by atoms with Crippen LogP contribution >= 0.6 is 15.6 Å². The van der Waals surface area contributed by atoms with Gasteiger partial charge in [0.05, 0.1) is 50.2 Å². The summed E-state index contributed by atoms with van der Waals surface area (Å²) in [5.74, 6) is -2.05. The van der Waals surface area contributed by atoms with Crippen molar-refractivity contribution in [1.29, 1.82) is 0 Å². The molecule has 1 aliphatic heterocycles. The number of nitrogen functional groups attached to an aromatic ring is 1. The minimum atomic E-state index is -5.05. The minimum Gasteiger partial charge on any atom is -0.411 e. The van der Waals surface area contributed by atoms with E-state index in [0.717, 1.165) is 0 Å². The van der Waals surface area contributed by atoms with Crippen molar-refractivity contribution < 1.29 is 50.7 Å². The Morgan fingerprint density at radius 1 is 0.791 bits per heavy atom. The molecule has 2 saturated carbocycles. The van der Waals surface area contributed by atoms with Gasteiger partial charge in [-0.15, -0.1) is 0 Å². The van der Waals surface area contributed by atoms with Gasteiger partial charge in [-0.25, -0.2) is 29.1 Å². The second kappa shape index (κ2) is 17.7. The molecular weight excluding hydrogens is 943 g/mol. The highest BCUT2D eigenvalue weighted by Crippen LogP contribution is 2.58. The van der Waals surface area contributed by atoms with Gasteiger partial charge >= 0.3 is 15.6 Å². The van der Waals surface area contributed by atoms with Crippen molar-refractivity contribution in [2.24, 2.45) is 11.8 Å². The Labute approximate surface area is 389 Å². The molecule has 2 aliphatic carbocycles. The number of carbonyl (C=O) groups is 1. The van der Waals surface area contributed by atoms with Gasteiger partial charge in [0.1, 0.15) is 18.5 Å². The maximum absolute atomic E-state index is 14.5. The zero-order valence-electron chi connectivity index (χ0n) is 39.1. The zero-order chi connectivity index (χ0) is 48.6. The number of rotatable bonds is 8. The number of anilines is 2. The zero-order valence-corrected chi connectivity index (χ0v) is 42.9. The van der Waals surface area contributed by atoms with E-state index >= 15 is 0 Å². The molecule has 1 saturated heterocycles. The van der Waals surface area contributed by atoms with Crippen molar-refractivity contribution in [3.8, 4) is 0 Å². The molecule has 1 aromatic carbocycles. The monoisotopic (exact) mass is 1000 g/mol. The van der Waals surface area contributed by atoms with Gasteiger partial charge in [-0.05, 0) is 61.2 Å². The molecule has 3 fully saturated rings. The summed E-state index contributed by atoms with van der Waals surface area (Å²) in [7, 11) is -15.5. The molecule has 10 atom stereocenters. The SMILES string of the molecule is CC(C)(C)[Si](C)(C)O[C@@H]1[C@H]2COP(=O)(O)O[C@@H]3[C@@H](COP(=O)(O)O[C@H]1[C@H](n1cnc4c(=O)[nH]c(N)nc41)C2)C[C@@H](n1cnc2c(NC(=O)c4ccccc4)ncnc21)[C@@H]3O[Si](C)(C)C(C)(C)C. The first-order valence-electron chi connectivity index (χ1n) is 22.1. The first-order chi connectivity index (χ1) is 31.2. The maximum atomic E-state index is 14.5.